The fraction of sp³-hybridized carbons (Fsp3) is 0.562. The lowest BCUT2D eigenvalue weighted by Crippen LogP contribution is -2.22. The van der Waals surface area contributed by atoms with E-state index in [4.69, 9.17) is 0 Å². The minimum atomic E-state index is -0.695. The maximum Gasteiger partial charge on any atom is 0.307 e. The van der Waals surface area contributed by atoms with E-state index in [2.05, 4.69) is 39.0 Å². The van der Waals surface area contributed by atoms with Crippen molar-refractivity contribution in [3.05, 3.63) is 34.9 Å². The van der Waals surface area contributed by atoms with Gasteiger partial charge >= 0.3 is 5.97 Å². The van der Waals surface area contributed by atoms with Crippen molar-refractivity contribution < 1.29 is 9.90 Å². The molecule has 0 aliphatic rings. The first kappa shape index (κ1) is 14.7. The number of carboxylic acid groups (broad SMARTS) is 1. The molecule has 0 bridgehead atoms. The molecule has 0 heterocycles. The molecule has 1 rings (SSSR count). The minimum absolute atomic E-state index is 0.157. The van der Waals surface area contributed by atoms with Crippen LogP contribution >= 0.6 is 0 Å². The third-order valence-electron chi connectivity index (χ3n) is 3.60. The fourth-order valence-corrected chi connectivity index (χ4v) is 2.12. The Bertz CT molecular complexity index is 419. The van der Waals surface area contributed by atoms with Crippen LogP contribution in [0, 0.1) is 18.8 Å². The first-order valence-corrected chi connectivity index (χ1v) is 6.65. The van der Waals surface area contributed by atoms with Crippen molar-refractivity contribution in [1.29, 1.82) is 0 Å². The van der Waals surface area contributed by atoms with Crippen LogP contribution in [0.2, 0.25) is 0 Å². The first-order valence-electron chi connectivity index (χ1n) is 6.65. The van der Waals surface area contributed by atoms with Gasteiger partial charge in [-0.05, 0) is 41.9 Å². The summed E-state index contributed by atoms with van der Waals surface area (Å²) in [4.78, 5) is 11.3. The Labute approximate surface area is 110 Å². The molecule has 0 aromatic heterocycles. The zero-order valence-electron chi connectivity index (χ0n) is 12.0. The Kier molecular flexibility index (Phi) is 4.94. The van der Waals surface area contributed by atoms with Crippen LogP contribution in [0.4, 0.5) is 0 Å². The number of aliphatic carboxylic acids is 1. The molecule has 18 heavy (non-hydrogen) atoms. The second kappa shape index (κ2) is 6.03. The highest BCUT2D eigenvalue weighted by Crippen LogP contribution is 2.23. The van der Waals surface area contributed by atoms with E-state index in [9.17, 15) is 9.90 Å². The highest BCUT2D eigenvalue weighted by molar-refractivity contribution is 5.70. The van der Waals surface area contributed by atoms with Gasteiger partial charge in [0, 0.05) is 0 Å². The smallest absolute Gasteiger partial charge is 0.307 e. The molecule has 100 valence electrons. The standard InChI is InChI=1S/C16H24O2/c1-10(2)13-7-6-12(5)14(8-13)9-15(11(3)4)16(17)18/h6-8,10-11,15H,9H2,1-5H3,(H,17,18). The predicted octanol–water partition coefficient (Wildman–Crippen LogP) is 4.02. The SMILES string of the molecule is Cc1ccc(C(C)C)cc1CC(C(=O)O)C(C)C. The van der Waals surface area contributed by atoms with Gasteiger partial charge in [-0.3, -0.25) is 4.79 Å². The summed E-state index contributed by atoms with van der Waals surface area (Å²) in [6, 6.07) is 6.40. The summed E-state index contributed by atoms with van der Waals surface area (Å²) >= 11 is 0. The summed E-state index contributed by atoms with van der Waals surface area (Å²) in [5, 5.41) is 9.27. The number of carbonyl (C=O) groups is 1. The molecule has 1 aromatic carbocycles. The number of rotatable bonds is 5. The van der Waals surface area contributed by atoms with E-state index >= 15 is 0 Å². The molecular weight excluding hydrogens is 224 g/mol. The zero-order valence-corrected chi connectivity index (χ0v) is 12.0. The Morgan fingerprint density at radius 3 is 2.28 bits per heavy atom. The van der Waals surface area contributed by atoms with E-state index in [0.717, 1.165) is 0 Å². The lowest BCUT2D eigenvalue weighted by atomic mass is 9.86. The van der Waals surface area contributed by atoms with E-state index in [0.29, 0.717) is 12.3 Å². The van der Waals surface area contributed by atoms with Crippen LogP contribution in [0.25, 0.3) is 0 Å². The summed E-state index contributed by atoms with van der Waals surface area (Å²) in [5.41, 5.74) is 3.64. The number of benzene rings is 1. The lowest BCUT2D eigenvalue weighted by molar-refractivity contribution is -0.143. The van der Waals surface area contributed by atoms with Gasteiger partial charge in [0.15, 0.2) is 0 Å². The molecule has 0 spiro atoms. The molecule has 0 amide bonds. The average Bonchev–Trinajstić information content (AvgIpc) is 2.26. The summed E-state index contributed by atoms with van der Waals surface area (Å²) in [6.07, 6.45) is 0.624. The van der Waals surface area contributed by atoms with E-state index in [-0.39, 0.29) is 11.8 Å². The van der Waals surface area contributed by atoms with E-state index in [1.807, 2.05) is 13.8 Å². The molecule has 0 aliphatic heterocycles. The Morgan fingerprint density at radius 2 is 1.83 bits per heavy atom. The first-order chi connectivity index (χ1) is 8.32. The zero-order chi connectivity index (χ0) is 13.9. The third kappa shape index (κ3) is 3.59. The van der Waals surface area contributed by atoms with Crippen molar-refractivity contribution in [2.24, 2.45) is 11.8 Å². The Balaban J connectivity index is 3.01. The summed E-state index contributed by atoms with van der Waals surface area (Å²) in [7, 11) is 0. The Hall–Kier alpha value is -1.31. The van der Waals surface area contributed by atoms with Gasteiger partial charge in [0.25, 0.3) is 0 Å². The molecule has 1 aromatic rings. The van der Waals surface area contributed by atoms with Crippen molar-refractivity contribution in [3.8, 4) is 0 Å². The molecule has 1 N–H and O–H groups in total. The molecule has 0 saturated heterocycles. The topological polar surface area (TPSA) is 37.3 Å². The van der Waals surface area contributed by atoms with Crippen LogP contribution in [-0.4, -0.2) is 11.1 Å². The van der Waals surface area contributed by atoms with Crippen molar-refractivity contribution in [3.63, 3.8) is 0 Å². The van der Waals surface area contributed by atoms with Crippen molar-refractivity contribution >= 4 is 5.97 Å². The normalized spacial score (nSPS) is 13.1. The highest BCUT2D eigenvalue weighted by atomic mass is 16.4. The van der Waals surface area contributed by atoms with Crippen LogP contribution in [0.3, 0.4) is 0 Å². The van der Waals surface area contributed by atoms with Gasteiger partial charge < -0.3 is 5.11 Å². The van der Waals surface area contributed by atoms with Crippen LogP contribution in [0.1, 0.15) is 50.3 Å². The average molecular weight is 248 g/mol. The molecule has 1 unspecified atom stereocenters. The van der Waals surface area contributed by atoms with Crippen LogP contribution < -0.4 is 0 Å². The van der Waals surface area contributed by atoms with Gasteiger partial charge in [-0.25, -0.2) is 0 Å². The molecule has 0 fully saturated rings. The molecule has 2 nitrogen and oxygen atoms in total. The van der Waals surface area contributed by atoms with Gasteiger partial charge in [0.05, 0.1) is 5.92 Å². The third-order valence-corrected chi connectivity index (χ3v) is 3.60. The van der Waals surface area contributed by atoms with Crippen molar-refractivity contribution in [2.75, 3.05) is 0 Å². The molecule has 2 heteroatoms. The van der Waals surface area contributed by atoms with E-state index in [1.165, 1.54) is 16.7 Å². The van der Waals surface area contributed by atoms with Gasteiger partial charge in [-0.15, -0.1) is 0 Å². The number of carboxylic acids is 1. The van der Waals surface area contributed by atoms with Gasteiger partial charge in [0.1, 0.15) is 0 Å². The van der Waals surface area contributed by atoms with Crippen molar-refractivity contribution in [1.82, 2.24) is 0 Å². The van der Waals surface area contributed by atoms with Gasteiger partial charge in [0.2, 0.25) is 0 Å². The summed E-state index contributed by atoms with van der Waals surface area (Å²) in [5.74, 6) is -0.359. The number of aryl methyl sites for hydroxylation is 1. The largest absolute Gasteiger partial charge is 0.481 e. The highest BCUT2D eigenvalue weighted by Gasteiger charge is 2.22. The second-order valence-electron chi connectivity index (χ2n) is 5.73. The summed E-state index contributed by atoms with van der Waals surface area (Å²) < 4.78 is 0. The molecule has 1 atom stereocenters. The number of hydrogen-bond acceptors (Lipinski definition) is 1. The van der Waals surface area contributed by atoms with Crippen LogP contribution in [0.5, 0.6) is 0 Å². The fourth-order valence-electron chi connectivity index (χ4n) is 2.12. The molecule has 0 saturated carbocycles. The predicted molar refractivity (Wildman–Crippen MR) is 74.9 cm³/mol. The van der Waals surface area contributed by atoms with E-state index < -0.39 is 5.97 Å². The lowest BCUT2D eigenvalue weighted by Gasteiger charge is -2.18. The molecular formula is C16H24O2. The van der Waals surface area contributed by atoms with Crippen LogP contribution in [-0.2, 0) is 11.2 Å². The second-order valence-corrected chi connectivity index (χ2v) is 5.73. The van der Waals surface area contributed by atoms with Gasteiger partial charge in [-0.2, -0.15) is 0 Å². The summed E-state index contributed by atoms with van der Waals surface area (Å²) in [6.45, 7) is 10.3. The van der Waals surface area contributed by atoms with Gasteiger partial charge in [-0.1, -0.05) is 45.9 Å². The van der Waals surface area contributed by atoms with Crippen LogP contribution in [0.15, 0.2) is 18.2 Å². The number of hydrogen-bond donors (Lipinski definition) is 1. The van der Waals surface area contributed by atoms with Crippen molar-refractivity contribution in [2.45, 2.75) is 47.0 Å². The monoisotopic (exact) mass is 248 g/mol. The molecule has 0 radical (unpaired) electrons. The minimum Gasteiger partial charge on any atom is -0.481 e. The Morgan fingerprint density at radius 1 is 1.22 bits per heavy atom. The van der Waals surface area contributed by atoms with E-state index in [1.54, 1.807) is 0 Å². The maximum absolute atomic E-state index is 11.3. The molecule has 0 aliphatic carbocycles. The quantitative estimate of drug-likeness (QED) is 0.854. The maximum atomic E-state index is 11.3.